The van der Waals surface area contributed by atoms with Crippen molar-refractivity contribution >= 4 is 0 Å². The Balaban J connectivity index is 1.84. The normalized spacial score (nSPS) is 10.9. The van der Waals surface area contributed by atoms with Crippen molar-refractivity contribution in [1.82, 2.24) is 4.98 Å². The molecule has 0 aliphatic rings. The summed E-state index contributed by atoms with van der Waals surface area (Å²) < 4.78 is 2.17. The molecule has 2 aromatic carbocycles. The van der Waals surface area contributed by atoms with E-state index in [-0.39, 0.29) is 0 Å². The largest absolute Gasteiger partial charge is 0.244 e. The van der Waals surface area contributed by atoms with Gasteiger partial charge in [-0.1, -0.05) is 68.4 Å². The summed E-state index contributed by atoms with van der Waals surface area (Å²) in [5.41, 5.74) is 4.82. The van der Waals surface area contributed by atoms with Crippen molar-refractivity contribution in [2.75, 3.05) is 0 Å². The number of nitrogens with zero attached hydrogens (tertiary/aromatic N) is 2. The Morgan fingerprint density at radius 2 is 1.68 bits per heavy atom. The molecular weight excluding hydrogens is 268 g/mol. The van der Waals surface area contributed by atoms with Crippen molar-refractivity contribution in [3.05, 3.63) is 84.3 Å². The van der Waals surface area contributed by atoms with Crippen molar-refractivity contribution in [3.8, 4) is 11.3 Å². The monoisotopic (exact) mass is 289 g/mol. The molecule has 3 aromatic rings. The fraction of sp³-hybridized carbons (Fsp3) is 0.200. The number of hydrogen-bond donors (Lipinski definition) is 0. The Kier molecular flexibility index (Phi) is 4.29. The van der Waals surface area contributed by atoms with E-state index in [1.807, 2.05) is 18.5 Å². The zero-order chi connectivity index (χ0) is 15.4. The van der Waals surface area contributed by atoms with E-state index in [1.54, 1.807) is 0 Å². The lowest BCUT2D eigenvalue weighted by molar-refractivity contribution is -0.688. The average molecular weight is 289 g/mol. The molecule has 3 rings (SSSR count). The van der Waals surface area contributed by atoms with E-state index in [0.29, 0.717) is 5.92 Å². The van der Waals surface area contributed by atoms with Gasteiger partial charge in [0.1, 0.15) is 5.69 Å². The second-order valence-corrected chi connectivity index (χ2v) is 5.88. The summed E-state index contributed by atoms with van der Waals surface area (Å²) in [5.74, 6) is 0.556. The molecule has 0 amide bonds. The quantitative estimate of drug-likeness (QED) is 0.657. The van der Waals surface area contributed by atoms with E-state index < -0.39 is 0 Å². The van der Waals surface area contributed by atoms with Crippen molar-refractivity contribution in [2.45, 2.75) is 26.3 Å². The minimum Gasteiger partial charge on any atom is -0.244 e. The molecule has 2 heteroatoms. The molecule has 0 aliphatic carbocycles. The molecule has 1 aromatic heterocycles. The highest BCUT2D eigenvalue weighted by Crippen LogP contribution is 2.20. The van der Waals surface area contributed by atoms with E-state index in [4.69, 9.17) is 0 Å². The number of hydrogen-bond acceptors (Lipinski definition) is 1. The lowest BCUT2D eigenvalue weighted by Crippen LogP contribution is -2.33. The Hall–Kier alpha value is -2.48. The summed E-state index contributed by atoms with van der Waals surface area (Å²) in [6, 6.07) is 19.2. The second-order valence-electron chi connectivity index (χ2n) is 5.88. The molecule has 0 spiro atoms. The molecule has 0 saturated carbocycles. The van der Waals surface area contributed by atoms with Gasteiger partial charge in [0.15, 0.2) is 18.9 Å². The number of rotatable bonds is 4. The van der Waals surface area contributed by atoms with Crippen molar-refractivity contribution in [2.24, 2.45) is 0 Å². The maximum absolute atomic E-state index is 4.50. The predicted octanol–water partition coefficient (Wildman–Crippen LogP) is 4.21. The van der Waals surface area contributed by atoms with Gasteiger partial charge in [-0.2, -0.15) is 4.57 Å². The van der Waals surface area contributed by atoms with Crippen molar-refractivity contribution < 1.29 is 4.57 Å². The van der Waals surface area contributed by atoms with E-state index in [1.165, 1.54) is 11.1 Å². The predicted molar refractivity (Wildman–Crippen MR) is 89.5 cm³/mol. The molecule has 0 radical (unpaired) electrons. The van der Waals surface area contributed by atoms with Crippen molar-refractivity contribution in [1.29, 1.82) is 0 Å². The number of aromatic nitrogens is 2. The molecule has 0 saturated heterocycles. The summed E-state index contributed by atoms with van der Waals surface area (Å²) in [7, 11) is 0. The van der Waals surface area contributed by atoms with E-state index >= 15 is 0 Å². The third-order valence-corrected chi connectivity index (χ3v) is 3.84. The molecule has 0 atom stereocenters. The van der Waals surface area contributed by atoms with Crippen LogP contribution in [-0.4, -0.2) is 4.98 Å². The van der Waals surface area contributed by atoms with Crippen LogP contribution < -0.4 is 4.57 Å². The van der Waals surface area contributed by atoms with Gasteiger partial charge >= 0.3 is 0 Å². The Morgan fingerprint density at radius 3 is 2.36 bits per heavy atom. The molecule has 1 heterocycles. The van der Waals surface area contributed by atoms with Crippen LogP contribution in [0.3, 0.4) is 0 Å². The Bertz CT molecular complexity index is 731. The highest BCUT2D eigenvalue weighted by atomic mass is 15.0. The van der Waals surface area contributed by atoms with Crippen LogP contribution >= 0.6 is 0 Å². The van der Waals surface area contributed by atoms with Crippen LogP contribution in [0.5, 0.6) is 0 Å². The summed E-state index contributed by atoms with van der Waals surface area (Å²) in [6.45, 7) is 5.29. The van der Waals surface area contributed by atoms with Gasteiger partial charge < -0.3 is 0 Å². The first kappa shape index (κ1) is 14.5. The van der Waals surface area contributed by atoms with Gasteiger partial charge in [0.2, 0.25) is 0 Å². The summed E-state index contributed by atoms with van der Waals surface area (Å²) in [4.78, 5) is 4.50. The summed E-state index contributed by atoms with van der Waals surface area (Å²) in [6.07, 6.45) is 5.99. The molecule has 110 valence electrons. The SMILES string of the molecule is CC(C)c1ccc(-c2c[n+](Cc3ccccc3)ccn2)cc1. The first-order chi connectivity index (χ1) is 10.7. The van der Waals surface area contributed by atoms with Gasteiger partial charge in [-0.15, -0.1) is 0 Å². The van der Waals surface area contributed by atoms with Gasteiger partial charge in [-0.25, -0.2) is 4.98 Å². The van der Waals surface area contributed by atoms with Gasteiger partial charge in [-0.05, 0) is 11.5 Å². The molecular formula is C20H21N2+. The van der Waals surface area contributed by atoms with Gasteiger partial charge in [0, 0.05) is 11.1 Å². The highest BCUT2D eigenvalue weighted by molar-refractivity contribution is 5.57. The van der Waals surface area contributed by atoms with Crippen LogP contribution in [0.25, 0.3) is 11.3 Å². The molecule has 22 heavy (non-hydrogen) atoms. The molecule has 0 unspecified atom stereocenters. The Labute approximate surface area is 132 Å². The highest BCUT2D eigenvalue weighted by Gasteiger charge is 2.08. The third kappa shape index (κ3) is 3.40. The lowest BCUT2D eigenvalue weighted by Gasteiger charge is -2.06. The van der Waals surface area contributed by atoms with Gasteiger partial charge in [0.25, 0.3) is 0 Å². The first-order valence-electron chi connectivity index (χ1n) is 7.72. The van der Waals surface area contributed by atoms with E-state index in [2.05, 4.69) is 78.1 Å². The summed E-state index contributed by atoms with van der Waals surface area (Å²) >= 11 is 0. The smallest absolute Gasteiger partial charge is 0.195 e. The zero-order valence-electron chi connectivity index (χ0n) is 13.1. The van der Waals surface area contributed by atoms with Crippen LogP contribution in [0.4, 0.5) is 0 Å². The van der Waals surface area contributed by atoms with E-state index in [0.717, 1.165) is 17.8 Å². The second kappa shape index (κ2) is 6.52. The maximum atomic E-state index is 4.50. The van der Waals surface area contributed by atoms with Gasteiger partial charge in [-0.3, -0.25) is 0 Å². The Morgan fingerprint density at radius 1 is 0.955 bits per heavy atom. The third-order valence-electron chi connectivity index (χ3n) is 3.84. The maximum Gasteiger partial charge on any atom is 0.195 e. The van der Waals surface area contributed by atoms with Crippen molar-refractivity contribution in [3.63, 3.8) is 0 Å². The number of benzene rings is 2. The van der Waals surface area contributed by atoms with Crippen LogP contribution in [-0.2, 0) is 6.54 Å². The zero-order valence-corrected chi connectivity index (χ0v) is 13.1. The summed E-state index contributed by atoms with van der Waals surface area (Å²) in [5, 5.41) is 0. The standard InChI is InChI=1S/C20H21N2/c1-16(2)18-8-10-19(11-9-18)20-15-22(13-12-21-20)14-17-6-4-3-5-7-17/h3-13,15-16H,14H2,1-2H3/q+1. The molecule has 0 bridgehead atoms. The van der Waals surface area contributed by atoms with Gasteiger partial charge in [0.05, 0.1) is 6.20 Å². The molecule has 0 N–H and O–H groups in total. The first-order valence-corrected chi connectivity index (χ1v) is 7.72. The minimum atomic E-state index is 0.556. The minimum absolute atomic E-state index is 0.556. The van der Waals surface area contributed by atoms with Crippen LogP contribution in [0.1, 0.15) is 30.9 Å². The fourth-order valence-corrected chi connectivity index (χ4v) is 2.51. The fourth-order valence-electron chi connectivity index (χ4n) is 2.51. The molecule has 0 fully saturated rings. The lowest BCUT2D eigenvalue weighted by atomic mass is 10.0. The van der Waals surface area contributed by atoms with Crippen LogP contribution in [0.15, 0.2) is 73.2 Å². The topological polar surface area (TPSA) is 16.8 Å². The van der Waals surface area contributed by atoms with Crippen LogP contribution in [0, 0.1) is 0 Å². The average Bonchev–Trinajstić information content (AvgIpc) is 2.56. The van der Waals surface area contributed by atoms with E-state index in [9.17, 15) is 0 Å². The molecule has 0 aliphatic heterocycles. The molecule has 2 nitrogen and oxygen atoms in total. The van der Waals surface area contributed by atoms with Crippen LogP contribution in [0.2, 0.25) is 0 Å².